The Labute approximate surface area is 282 Å². The molecule has 10 nitrogen and oxygen atoms in total. The van der Waals surface area contributed by atoms with Gasteiger partial charge in [0.25, 0.3) is 5.91 Å². The Morgan fingerprint density at radius 2 is 1.68 bits per heavy atom. The Bertz CT molecular complexity index is 1250. The maximum Gasteiger partial charge on any atom is 0.481 e. The summed E-state index contributed by atoms with van der Waals surface area (Å²) in [5.74, 6) is -0.513. The molecule has 1 aliphatic heterocycles. The molecule has 1 heterocycles. The van der Waals surface area contributed by atoms with Gasteiger partial charge in [-0.2, -0.15) is 0 Å². The standard InChI is InChI=1S/C36H58BN3O7/c1-11-22(4)29(40-32(43)30(41)25(18-23-15-13-12-14-16-23)38-33(44)45-34(5,6)7)31(42)39-28(17-21(2)3)37-46-27-20-24-19-26(35(24,8)9)36(27,10)47-37/h12-16,21-22,24-30,41H,11,17-20H2,1-10H3,(H,38,44)(H,39,42)(H,40,43)/t22-,24-,25+,26-,27+,28-,29-,30-,36-/m0/s1. The number of rotatable bonds is 13. The van der Waals surface area contributed by atoms with Crippen molar-refractivity contribution >= 4 is 25.0 Å². The van der Waals surface area contributed by atoms with Gasteiger partial charge in [-0.05, 0) is 88.0 Å². The minimum atomic E-state index is -1.65. The van der Waals surface area contributed by atoms with Crippen molar-refractivity contribution in [1.29, 1.82) is 0 Å². The molecule has 3 aliphatic carbocycles. The summed E-state index contributed by atoms with van der Waals surface area (Å²) < 4.78 is 18.7. The van der Waals surface area contributed by atoms with Crippen LogP contribution < -0.4 is 16.0 Å². The molecule has 4 fully saturated rings. The van der Waals surface area contributed by atoms with Crippen LogP contribution in [-0.2, 0) is 30.1 Å². The largest absolute Gasteiger partial charge is 0.481 e. The van der Waals surface area contributed by atoms with Crippen LogP contribution in [0.1, 0.15) is 100 Å². The highest BCUT2D eigenvalue weighted by molar-refractivity contribution is 6.48. The minimum Gasteiger partial charge on any atom is -0.444 e. The van der Waals surface area contributed by atoms with Crippen LogP contribution >= 0.6 is 0 Å². The number of aliphatic hydroxyl groups excluding tert-OH is 1. The monoisotopic (exact) mass is 655 g/mol. The van der Waals surface area contributed by atoms with Gasteiger partial charge in [0.15, 0.2) is 6.10 Å². The molecule has 47 heavy (non-hydrogen) atoms. The number of alkyl carbamates (subject to hydrolysis) is 1. The quantitative estimate of drug-likeness (QED) is 0.224. The topological polar surface area (TPSA) is 135 Å². The number of hydrogen-bond donors (Lipinski definition) is 4. The normalized spacial score (nSPS) is 27.8. The predicted molar refractivity (Wildman–Crippen MR) is 182 cm³/mol. The second kappa shape index (κ2) is 14.5. The number of amides is 3. The highest BCUT2D eigenvalue weighted by Gasteiger charge is 2.68. The van der Waals surface area contributed by atoms with Gasteiger partial charge in [0.05, 0.1) is 23.7 Å². The summed E-state index contributed by atoms with van der Waals surface area (Å²) in [6.07, 6.45) is 1.11. The van der Waals surface area contributed by atoms with Crippen molar-refractivity contribution in [2.24, 2.45) is 29.1 Å². The second-order valence-corrected chi connectivity index (χ2v) is 16.3. The third-order valence-electron chi connectivity index (χ3n) is 10.8. The van der Waals surface area contributed by atoms with Gasteiger partial charge < -0.3 is 35.1 Å². The minimum absolute atomic E-state index is 0.0185. The number of hydrogen-bond acceptors (Lipinski definition) is 7. The summed E-state index contributed by atoms with van der Waals surface area (Å²) in [5.41, 5.74) is -0.157. The lowest BCUT2D eigenvalue weighted by Gasteiger charge is -2.64. The summed E-state index contributed by atoms with van der Waals surface area (Å²) >= 11 is 0. The van der Waals surface area contributed by atoms with Gasteiger partial charge in [0.1, 0.15) is 11.6 Å². The molecule has 4 N–H and O–H groups in total. The molecule has 0 aromatic heterocycles. The first kappa shape index (κ1) is 37.2. The van der Waals surface area contributed by atoms with Crippen LogP contribution in [-0.4, -0.2) is 71.6 Å². The van der Waals surface area contributed by atoms with Gasteiger partial charge >= 0.3 is 13.2 Å². The van der Waals surface area contributed by atoms with E-state index in [-0.39, 0.29) is 35.7 Å². The van der Waals surface area contributed by atoms with E-state index in [1.54, 1.807) is 20.8 Å². The molecular formula is C36H58BN3O7. The lowest BCUT2D eigenvalue weighted by Crippen LogP contribution is -2.65. The number of aliphatic hydroxyl groups is 1. The Balaban J connectivity index is 1.49. The number of nitrogens with one attached hydrogen (secondary N) is 3. The zero-order valence-electron chi connectivity index (χ0n) is 30.1. The third-order valence-corrected chi connectivity index (χ3v) is 10.8. The van der Waals surface area contributed by atoms with Gasteiger partial charge in [0.2, 0.25) is 5.91 Å². The summed E-state index contributed by atoms with van der Waals surface area (Å²) in [6.45, 7) is 20.0. The smallest absolute Gasteiger partial charge is 0.444 e. The van der Waals surface area contributed by atoms with Crippen molar-refractivity contribution in [2.75, 3.05) is 0 Å². The van der Waals surface area contributed by atoms with Crippen LogP contribution in [0.3, 0.4) is 0 Å². The summed E-state index contributed by atoms with van der Waals surface area (Å²) in [6, 6.07) is 7.34. The maximum atomic E-state index is 14.0. The van der Waals surface area contributed by atoms with Gasteiger partial charge in [-0.1, -0.05) is 78.3 Å². The Morgan fingerprint density at radius 1 is 1.02 bits per heavy atom. The first-order chi connectivity index (χ1) is 21.9. The van der Waals surface area contributed by atoms with E-state index in [1.165, 1.54) is 0 Å². The molecule has 1 aromatic rings. The molecule has 1 aromatic carbocycles. The van der Waals surface area contributed by atoms with Crippen LogP contribution in [0.25, 0.3) is 0 Å². The summed E-state index contributed by atoms with van der Waals surface area (Å²) in [5, 5.41) is 20.0. The van der Waals surface area contributed by atoms with Gasteiger partial charge in [-0.15, -0.1) is 0 Å². The Hall–Kier alpha value is -2.63. The lowest BCUT2D eigenvalue weighted by molar-refractivity contribution is -0.199. The van der Waals surface area contributed by atoms with E-state index in [0.29, 0.717) is 24.7 Å². The molecule has 11 heteroatoms. The van der Waals surface area contributed by atoms with E-state index in [9.17, 15) is 19.5 Å². The molecule has 9 atom stereocenters. The van der Waals surface area contributed by atoms with Gasteiger partial charge in [-0.3, -0.25) is 9.59 Å². The Morgan fingerprint density at radius 3 is 2.26 bits per heavy atom. The third kappa shape index (κ3) is 8.52. The van der Waals surface area contributed by atoms with Crippen molar-refractivity contribution in [3.63, 3.8) is 0 Å². The van der Waals surface area contributed by atoms with E-state index >= 15 is 0 Å². The van der Waals surface area contributed by atoms with Crippen LogP contribution in [0.2, 0.25) is 0 Å². The van der Waals surface area contributed by atoms with E-state index in [0.717, 1.165) is 18.4 Å². The summed E-state index contributed by atoms with van der Waals surface area (Å²) in [7, 11) is -0.598. The maximum absolute atomic E-state index is 14.0. The van der Waals surface area contributed by atoms with Crippen LogP contribution in [0, 0.1) is 29.1 Å². The first-order valence-electron chi connectivity index (χ1n) is 17.5. The van der Waals surface area contributed by atoms with E-state index in [1.807, 2.05) is 44.2 Å². The fourth-order valence-electron chi connectivity index (χ4n) is 7.78. The molecule has 3 amide bonds. The number of carbonyl (C=O) groups excluding carboxylic acids is 3. The average Bonchev–Trinajstić information content (AvgIpc) is 3.34. The molecule has 0 spiro atoms. The molecule has 1 saturated heterocycles. The zero-order chi connectivity index (χ0) is 34.9. The molecule has 5 rings (SSSR count). The van der Waals surface area contributed by atoms with Crippen molar-refractivity contribution in [2.45, 2.75) is 143 Å². The second-order valence-electron chi connectivity index (χ2n) is 16.3. The van der Waals surface area contributed by atoms with Gasteiger partial charge in [-0.25, -0.2) is 4.79 Å². The number of ether oxygens (including phenoxy) is 1. The highest BCUT2D eigenvalue weighted by Crippen LogP contribution is 2.65. The lowest BCUT2D eigenvalue weighted by atomic mass is 9.43. The molecule has 262 valence electrons. The van der Waals surface area contributed by atoms with Crippen molar-refractivity contribution in [1.82, 2.24) is 16.0 Å². The number of carbonyl (C=O) groups is 3. The average molecular weight is 656 g/mol. The van der Waals surface area contributed by atoms with E-state index in [4.69, 9.17) is 14.0 Å². The predicted octanol–water partition coefficient (Wildman–Crippen LogP) is 4.81. The molecule has 0 radical (unpaired) electrons. The van der Waals surface area contributed by atoms with Crippen molar-refractivity contribution in [3.8, 4) is 0 Å². The summed E-state index contributed by atoms with van der Waals surface area (Å²) in [4.78, 5) is 40.4. The Kier molecular flexibility index (Phi) is 11.4. The molecule has 2 bridgehead atoms. The molecule has 3 saturated carbocycles. The fraction of sp³-hybridized carbons (Fsp3) is 0.750. The highest BCUT2D eigenvalue weighted by atomic mass is 16.7. The van der Waals surface area contributed by atoms with Crippen molar-refractivity contribution in [3.05, 3.63) is 35.9 Å². The van der Waals surface area contributed by atoms with Gasteiger partial charge in [0, 0.05) is 0 Å². The van der Waals surface area contributed by atoms with E-state index < -0.39 is 54.4 Å². The number of benzene rings is 1. The zero-order valence-corrected chi connectivity index (χ0v) is 30.1. The molecule has 4 aliphatic rings. The molecular weight excluding hydrogens is 597 g/mol. The fourth-order valence-corrected chi connectivity index (χ4v) is 7.78. The van der Waals surface area contributed by atoms with Crippen molar-refractivity contribution < 1.29 is 33.5 Å². The van der Waals surface area contributed by atoms with Crippen LogP contribution in [0.5, 0.6) is 0 Å². The molecule has 0 unspecified atom stereocenters. The van der Waals surface area contributed by atoms with Crippen LogP contribution in [0.4, 0.5) is 4.79 Å². The SMILES string of the molecule is CC[C@H](C)[C@H](NC(=O)[C@@H](O)[C@@H](Cc1ccccc1)NC(=O)OC(C)(C)C)C(=O)N[C@@H](CC(C)C)B1O[C@@H]2C[C@@H]3C[C@@H](C3(C)C)[C@]2(C)O1. The first-order valence-corrected chi connectivity index (χ1v) is 17.5. The van der Waals surface area contributed by atoms with Crippen LogP contribution in [0.15, 0.2) is 30.3 Å². The van der Waals surface area contributed by atoms with E-state index in [2.05, 4.69) is 50.6 Å².